The third-order valence-electron chi connectivity index (χ3n) is 3.63. The quantitative estimate of drug-likeness (QED) is 0.722. The highest BCUT2D eigenvalue weighted by Crippen LogP contribution is 2.30. The van der Waals surface area contributed by atoms with Gasteiger partial charge in [0, 0.05) is 0 Å². The summed E-state index contributed by atoms with van der Waals surface area (Å²) in [4.78, 5) is 8.63. The monoisotopic (exact) mass is 282 g/mol. The van der Waals surface area contributed by atoms with E-state index in [0.717, 1.165) is 12.2 Å². The second-order valence-electron chi connectivity index (χ2n) is 5.05. The predicted molar refractivity (Wildman–Crippen MR) is 74.2 cm³/mol. The second-order valence-corrected chi connectivity index (χ2v) is 5.05. The highest BCUT2D eigenvalue weighted by atomic mass is 16.5. The van der Waals surface area contributed by atoms with Crippen molar-refractivity contribution in [2.45, 2.75) is 26.2 Å². The molecule has 0 aliphatic carbocycles. The molecular formula is C15H14N4O2. The van der Waals surface area contributed by atoms with Crippen molar-refractivity contribution in [3.05, 3.63) is 53.7 Å². The standard InChI is InChI=1S/C15H14N4O2/c1-10-17-15(21-18-10)14-12-8-20-13(7-19(12)9-16-14)11-5-3-2-4-6-11/h2-6,9,13H,7-8H2,1H3/t13-/m0/s1. The van der Waals surface area contributed by atoms with Crippen molar-refractivity contribution < 1.29 is 9.26 Å². The second kappa shape index (κ2) is 4.82. The molecule has 1 atom stereocenters. The zero-order valence-corrected chi connectivity index (χ0v) is 11.6. The Bertz CT molecular complexity index is 763. The van der Waals surface area contributed by atoms with E-state index in [1.807, 2.05) is 24.5 Å². The maximum atomic E-state index is 5.97. The number of nitrogens with zero attached hydrogens (tertiary/aromatic N) is 4. The third kappa shape index (κ3) is 2.13. The minimum absolute atomic E-state index is 0.0465. The maximum absolute atomic E-state index is 5.97. The van der Waals surface area contributed by atoms with Crippen molar-refractivity contribution >= 4 is 0 Å². The molecule has 3 aromatic rings. The predicted octanol–water partition coefficient (Wildman–Crippen LogP) is 2.51. The Hall–Kier alpha value is -2.47. The molecule has 0 unspecified atom stereocenters. The molecule has 6 nitrogen and oxygen atoms in total. The van der Waals surface area contributed by atoms with Crippen LogP contribution in [0.15, 0.2) is 41.2 Å². The van der Waals surface area contributed by atoms with E-state index in [0.29, 0.717) is 24.0 Å². The van der Waals surface area contributed by atoms with Crippen LogP contribution in [0.1, 0.15) is 23.2 Å². The molecule has 106 valence electrons. The Balaban J connectivity index is 1.65. The highest BCUT2D eigenvalue weighted by Gasteiger charge is 2.26. The molecule has 0 fully saturated rings. The number of rotatable bonds is 2. The van der Waals surface area contributed by atoms with Crippen molar-refractivity contribution in [3.63, 3.8) is 0 Å². The van der Waals surface area contributed by atoms with Gasteiger partial charge in [-0.15, -0.1) is 0 Å². The summed E-state index contributed by atoms with van der Waals surface area (Å²) in [5.74, 6) is 1.05. The van der Waals surface area contributed by atoms with E-state index in [1.54, 1.807) is 6.92 Å². The first-order valence-corrected chi connectivity index (χ1v) is 6.82. The molecule has 2 aromatic heterocycles. The highest BCUT2D eigenvalue weighted by molar-refractivity contribution is 5.50. The van der Waals surface area contributed by atoms with E-state index in [4.69, 9.17) is 9.26 Å². The van der Waals surface area contributed by atoms with Gasteiger partial charge in [0.05, 0.1) is 25.2 Å². The van der Waals surface area contributed by atoms with Crippen LogP contribution in [-0.2, 0) is 17.9 Å². The summed E-state index contributed by atoms with van der Waals surface area (Å²) in [5, 5.41) is 3.81. The maximum Gasteiger partial charge on any atom is 0.278 e. The average Bonchev–Trinajstić information content (AvgIpc) is 3.13. The lowest BCUT2D eigenvalue weighted by Gasteiger charge is -2.25. The number of fused-ring (bicyclic) bond motifs is 1. The number of imidazole rings is 1. The number of aromatic nitrogens is 4. The Labute approximate surface area is 121 Å². The van der Waals surface area contributed by atoms with Gasteiger partial charge in [0.1, 0.15) is 6.10 Å². The summed E-state index contributed by atoms with van der Waals surface area (Å²) >= 11 is 0. The third-order valence-corrected chi connectivity index (χ3v) is 3.63. The van der Waals surface area contributed by atoms with Crippen LogP contribution >= 0.6 is 0 Å². The molecule has 4 rings (SSSR count). The molecule has 0 bridgehead atoms. The lowest BCUT2D eigenvalue weighted by molar-refractivity contribution is 0.00330. The van der Waals surface area contributed by atoms with Crippen LogP contribution in [0.5, 0.6) is 0 Å². The Kier molecular flexibility index (Phi) is 2.82. The van der Waals surface area contributed by atoms with Crippen LogP contribution < -0.4 is 0 Å². The molecule has 0 amide bonds. The van der Waals surface area contributed by atoms with Crippen molar-refractivity contribution in [1.82, 2.24) is 19.7 Å². The molecule has 0 saturated carbocycles. The van der Waals surface area contributed by atoms with Crippen LogP contribution in [0.4, 0.5) is 0 Å². The van der Waals surface area contributed by atoms with Gasteiger partial charge in [-0.25, -0.2) is 4.98 Å². The zero-order chi connectivity index (χ0) is 14.2. The summed E-state index contributed by atoms with van der Waals surface area (Å²) in [6.45, 7) is 3.01. The Morgan fingerprint density at radius 2 is 2.10 bits per heavy atom. The fraction of sp³-hybridized carbons (Fsp3) is 0.267. The van der Waals surface area contributed by atoms with Crippen LogP contribution in [0, 0.1) is 6.92 Å². The summed E-state index contributed by atoms with van der Waals surface area (Å²) in [5.41, 5.74) is 2.86. The number of hydrogen-bond acceptors (Lipinski definition) is 5. The normalized spacial score (nSPS) is 17.7. The van der Waals surface area contributed by atoms with Crippen molar-refractivity contribution in [2.75, 3.05) is 0 Å². The van der Waals surface area contributed by atoms with E-state index in [9.17, 15) is 0 Å². The van der Waals surface area contributed by atoms with Gasteiger partial charge in [0.15, 0.2) is 11.5 Å². The SMILES string of the molecule is Cc1noc(-c2ncn3c2CO[C@H](c2ccccc2)C3)n1. The minimum Gasteiger partial charge on any atom is -0.365 e. The Morgan fingerprint density at radius 1 is 1.24 bits per heavy atom. The van der Waals surface area contributed by atoms with Crippen molar-refractivity contribution in [1.29, 1.82) is 0 Å². The van der Waals surface area contributed by atoms with Gasteiger partial charge in [0.25, 0.3) is 5.89 Å². The van der Waals surface area contributed by atoms with Crippen molar-refractivity contribution in [2.24, 2.45) is 0 Å². The van der Waals surface area contributed by atoms with E-state index in [2.05, 4.69) is 31.8 Å². The fourth-order valence-electron chi connectivity index (χ4n) is 2.57. The van der Waals surface area contributed by atoms with Gasteiger partial charge in [-0.3, -0.25) is 0 Å². The molecule has 21 heavy (non-hydrogen) atoms. The summed E-state index contributed by atoms with van der Waals surface area (Å²) in [7, 11) is 0. The first-order chi connectivity index (χ1) is 10.3. The number of ether oxygens (including phenoxy) is 1. The van der Waals surface area contributed by atoms with Crippen LogP contribution in [0.25, 0.3) is 11.6 Å². The van der Waals surface area contributed by atoms with Crippen LogP contribution in [0.2, 0.25) is 0 Å². The van der Waals surface area contributed by atoms with Crippen molar-refractivity contribution in [3.8, 4) is 11.6 Å². The largest absolute Gasteiger partial charge is 0.365 e. The molecule has 6 heteroatoms. The molecule has 0 N–H and O–H groups in total. The lowest BCUT2D eigenvalue weighted by Crippen LogP contribution is -2.20. The molecule has 1 aromatic carbocycles. The number of benzene rings is 1. The number of aryl methyl sites for hydroxylation is 1. The molecule has 0 radical (unpaired) electrons. The van der Waals surface area contributed by atoms with E-state index >= 15 is 0 Å². The fourth-order valence-corrected chi connectivity index (χ4v) is 2.57. The number of hydrogen-bond donors (Lipinski definition) is 0. The topological polar surface area (TPSA) is 66.0 Å². The molecule has 1 aliphatic heterocycles. The molecule has 1 aliphatic rings. The summed E-state index contributed by atoms with van der Waals surface area (Å²) in [6.07, 6.45) is 1.85. The zero-order valence-electron chi connectivity index (χ0n) is 11.6. The van der Waals surface area contributed by atoms with Gasteiger partial charge >= 0.3 is 0 Å². The van der Waals surface area contributed by atoms with Crippen LogP contribution in [0.3, 0.4) is 0 Å². The van der Waals surface area contributed by atoms with Gasteiger partial charge in [-0.05, 0) is 12.5 Å². The summed E-state index contributed by atoms with van der Waals surface area (Å²) in [6, 6.07) is 10.2. The molecule has 0 spiro atoms. The lowest BCUT2D eigenvalue weighted by atomic mass is 10.1. The summed E-state index contributed by atoms with van der Waals surface area (Å²) < 4.78 is 13.3. The first kappa shape index (κ1) is 12.3. The minimum atomic E-state index is 0.0465. The molecular weight excluding hydrogens is 268 g/mol. The van der Waals surface area contributed by atoms with Gasteiger partial charge in [-0.1, -0.05) is 35.5 Å². The molecule has 0 saturated heterocycles. The van der Waals surface area contributed by atoms with E-state index in [-0.39, 0.29) is 6.10 Å². The van der Waals surface area contributed by atoms with E-state index < -0.39 is 0 Å². The average molecular weight is 282 g/mol. The van der Waals surface area contributed by atoms with Gasteiger partial charge in [0.2, 0.25) is 0 Å². The van der Waals surface area contributed by atoms with Gasteiger partial charge in [-0.2, -0.15) is 4.98 Å². The van der Waals surface area contributed by atoms with E-state index in [1.165, 1.54) is 5.56 Å². The smallest absolute Gasteiger partial charge is 0.278 e. The first-order valence-electron chi connectivity index (χ1n) is 6.82. The van der Waals surface area contributed by atoms with Gasteiger partial charge < -0.3 is 13.8 Å². The Morgan fingerprint density at radius 3 is 2.86 bits per heavy atom. The van der Waals surface area contributed by atoms with Crippen LogP contribution in [-0.4, -0.2) is 19.7 Å². The molecule has 3 heterocycles.